The van der Waals surface area contributed by atoms with Gasteiger partial charge in [-0.1, -0.05) is 26.7 Å². The molecule has 1 aromatic heterocycles. The fourth-order valence-corrected chi connectivity index (χ4v) is 1.56. The Morgan fingerprint density at radius 1 is 1.29 bits per heavy atom. The lowest BCUT2D eigenvalue weighted by atomic mass is 10.1. The van der Waals surface area contributed by atoms with E-state index in [1.165, 1.54) is 25.6 Å². The summed E-state index contributed by atoms with van der Waals surface area (Å²) in [4.78, 5) is 8.18. The van der Waals surface area contributed by atoms with Crippen LogP contribution in [0.15, 0.2) is 12.4 Å². The molecule has 0 amide bonds. The summed E-state index contributed by atoms with van der Waals surface area (Å²) in [6, 6.07) is 1.84. The smallest absolute Gasteiger partial charge is 0.218 e. The first-order valence-corrected chi connectivity index (χ1v) is 6.41. The summed E-state index contributed by atoms with van der Waals surface area (Å²) in [5, 5.41) is 3.29. The van der Waals surface area contributed by atoms with Crippen molar-refractivity contribution in [2.75, 3.05) is 18.5 Å². The van der Waals surface area contributed by atoms with Crippen molar-refractivity contribution in [3.8, 4) is 5.88 Å². The molecule has 1 heterocycles. The largest absolute Gasteiger partial charge is 0.478 e. The Morgan fingerprint density at radius 2 is 2.12 bits per heavy atom. The number of nitrogens with zero attached hydrogens (tertiary/aromatic N) is 2. The number of ether oxygens (including phenoxy) is 1. The molecule has 0 spiro atoms. The van der Waals surface area contributed by atoms with Crippen LogP contribution in [0.3, 0.4) is 0 Å². The lowest BCUT2D eigenvalue weighted by Crippen LogP contribution is -2.05. The van der Waals surface area contributed by atoms with Crippen LogP contribution in [0.2, 0.25) is 0 Å². The third kappa shape index (κ3) is 6.09. The van der Waals surface area contributed by atoms with Crippen LogP contribution in [0.5, 0.6) is 5.88 Å². The van der Waals surface area contributed by atoms with E-state index in [0.29, 0.717) is 12.5 Å². The highest BCUT2D eigenvalue weighted by Crippen LogP contribution is 2.11. The highest BCUT2D eigenvalue weighted by molar-refractivity contribution is 5.36. The molecule has 4 heteroatoms. The summed E-state index contributed by atoms with van der Waals surface area (Å²) in [5.41, 5.74) is 0. The van der Waals surface area contributed by atoms with Crippen molar-refractivity contribution in [1.29, 1.82) is 0 Å². The second-order valence-corrected chi connectivity index (χ2v) is 4.49. The summed E-state index contributed by atoms with van der Waals surface area (Å²) in [6.45, 7) is 8.04. The van der Waals surface area contributed by atoms with Gasteiger partial charge in [0.1, 0.15) is 12.1 Å². The standard InChI is InChI=1S/C13H23N3O/c1-4-17-13-9-12(15-10-16-13)14-8-6-5-7-11(2)3/h9-11H,4-8H2,1-3H3,(H,14,15,16). The van der Waals surface area contributed by atoms with Crippen molar-refractivity contribution in [2.45, 2.75) is 40.0 Å². The number of hydrogen-bond donors (Lipinski definition) is 1. The van der Waals surface area contributed by atoms with Crippen LogP contribution in [0, 0.1) is 5.92 Å². The minimum absolute atomic E-state index is 0.630. The molecule has 96 valence electrons. The number of rotatable bonds is 8. The van der Waals surface area contributed by atoms with Crippen LogP contribution in [0.4, 0.5) is 5.82 Å². The second-order valence-electron chi connectivity index (χ2n) is 4.49. The molecule has 17 heavy (non-hydrogen) atoms. The Kier molecular flexibility index (Phi) is 6.37. The number of anilines is 1. The summed E-state index contributed by atoms with van der Waals surface area (Å²) < 4.78 is 5.31. The Labute approximate surface area is 104 Å². The van der Waals surface area contributed by atoms with E-state index < -0.39 is 0 Å². The van der Waals surface area contributed by atoms with E-state index >= 15 is 0 Å². The molecule has 0 bridgehead atoms. The predicted octanol–water partition coefficient (Wildman–Crippen LogP) is 3.11. The molecule has 1 aromatic rings. The average Bonchev–Trinajstić information content (AvgIpc) is 2.29. The van der Waals surface area contributed by atoms with E-state index in [4.69, 9.17) is 4.74 Å². The van der Waals surface area contributed by atoms with Crippen LogP contribution >= 0.6 is 0 Å². The maximum atomic E-state index is 5.31. The van der Waals surface area contributed by atoms with Gasteiger partial charge in [0.15, 0.2) is 0 Å². The van der Waals surface area contributed by atoms with Crippen LogP contribution < -0.4 is 10.1 Å². The van der Waals surface area contributed by atoms with Gasteiger partial charge in [-0.2, -0.15) is 0 Å². The van der Waals surface area contributed by atoms with Gasteiger partial charge in [-0.15, -0.1) is 0 Å². The van der Waals surface area contributed by atoms with E-state index in [9.17, 15) is 0 Å². The number of nitrogens with one attached hydrogen (secondary N) is 1. The summed E-state index contributed by atoms with van der Waals surface area (Å²) in [6.07, 6.45) is 5.25. The van der Waals surface area contributed by atoms with Crippen LogP contribution in [-0.2, 0) is 0 Å². The summed E-state index contributed by atoms with van der Waals surface area (Å²) in [7, 11) is 0. The van der Waals surface area contributed by atoms with Gasteiger partial charge in [0.05, 0.1) is 6.61 Å². The van der Waals surface area contributed by atoms with Crippen molar-refractivity contribution >= 4 is 5.82 Å². The summed E-state index contributed by atoms with van der Waals surface area (Å²) >= 11 is 0. The highest BCUT2D eigenvalue weighted by atomic mass is 16.5. The van der Waals surface area contributed by atoms with Crippen molar-refractivity contribution in [1.82, 2.24) is 9.97 Å². The van der Waals surface area contributed by atoms with Gasteiger partial charge in [-0.3, -0.25) is 0 Å². The first-order valence-electron chi connectivity index (χ1n) is 6.41. The monoisotopic (exact) mass is 237 g/mol. The molecule has 0 aliphatic carbocycles. The maximum absolute atomic E-state index is 5.31. The van der Waals surface area contributed by atoms with Gasteiger partial charge in [-0.25, -0.2) is 9.97 Å². The molecule has 0 unspecified atom stereocenters. The van der Waals surface area contributed by atoms with Crippen LogP contribution in [0.25, 0.3) is 0 Å². The fraction of sp³-hybridized carbons (Fsp3) is 0.692. The van der Waals surface area contributed by atoms with E-state index in [0.717, 1.165) is 18.3 Å². The molecule has 0 radical (unpaired) electrons. The first kappa shape index (κ1) is 13.7. The molecule has 1 rings (SSSR count). The van der Waals surface area contributed by atoms with Gasteiger partial charge in [0, 0.05) is 12.6 Å². The number of aromatic nitrogens is 2. The van der Waals surface area contributed by atoms with Crippen molar-refractivity contribution in [3.63, 3.8) is 0 Å². The first-order chi connectivity index (χ1) is 8.22. The Morgan fingerprint density at radius 3 is 2.82 bits per heavy atom. The molecular weight excluding hydrogens is 214 g/mol. The SMILES string of the molecule is CCOc1cc(NCCCCC(C)C)ncn1. The van der Waals surface area contributed by atoms with Gasteiger partial charge in [0.25, 0.3) is 0 Å². The van der Waals surface area contributed by atoms with Gasteiger partial charge >= 0.3 is 0 Å². The lowest BCUT2D eigenvalue weighted by Gasteiger charge is -2.07. The number of unbranched alkanes of at least 4 members (excludes halogenated alkanes) is 1. The van der Waals surface area contributed by atoms with E-state index in [-0.39, 0.29) is 0 Å². The topological polar surface area (TPSA) is 47.0 Å². The zero-order valence-corrected chi connectivity index (χ0v) is 11.1. The molecule has 0 saturated carbocycles. The minimum atomic E-state index is 0.630. The molecule has 0 fully saturated rings. The molecule has 0 saturated heterocycles. The zero-order chi connectivity index (χ0) is 12.5. The Balaban J connectivity index is 2.24. The van der Waals surface area contributed by atoms with Gasteiger partial charge < -0.3 is 10.1 Å². The molecule has 0 atom stereocenters. The summed E-state index contributed by atoms with van der Waals surface area (Å²) in [5.74, 6) is 2.26. The highest BCUT2D eigenvalue weighted by Gasteiger charge is 1.99. The molecular formula is C13H23N3O. The molecule has 1 N–H and O–H groups in total. The third-order valence-electron chi connectivity index (χ3n) is 2.45. The predicted molar refractivity (Wildman–Crippen MR) is 70.4 cm³/mol. The average molecular weight is 237 g/mol. The van der Waals surface area contributed by atoms with Crippen molar-refractivity contribution in [3.05, 3.63) is 12.4 Å². The zero-order valence-electron chi connectivity index (χ0n) is 11.1. The van der Waals surface area contributed by atoms with Gasteiger partial charge in [-0.05, 0) is 19.3 Å². The van der Waals surface area contributed by atoms with Crippen molar-refractivity contribution < 1.29 is 4.74 Å². The van der Waals surface area contributed by atoms with Crippen LogP contribution in [-0.4, -0.2) is 23.1 Å². The second kappa shape index (κ2) is 7.87. The van der Waals surface area contributed by atoms with Crippen LogP contribution in [0.1, 0.15) is 40.0 Å². The third-order valence-corrected chi connectivity index (χ3v) is 2.45. The van der Waals surface area contributed by atoms with E-state index in [1.54, 1.807) is 0 Å². The van der Waals surface area contributed by atoms with E-state index in [2.05, 4.69) is 29.1 Å². The molecule has 4 nitrogen and oxygen atoms in total. The maximum Gasteiger partial charge on any atom is 0.218 e. The van der Waals surface area contributed by atoms with Crippen molar-refractivity contribution in [2.24, 2.45) is 5.92 Å². The molecule has 0 aromatic carbocycles. The molecule has 0 aliphatic heterocycles. The Hall–Kier alpha value is -1.32. The minimum Gasteiger partial charge on any atom is -0.478 e. The normalized spacial score (nSPS) is 10.6. The Bertz CT molecular complexity index is 315. The quantitative estimate of drug-likeness (QED) is 0.706. The fourth-order valence-electron chi connectivity index (χ4n) is 1.56. The van der Waals surface area contributed by atoms with E-state index in [1.807, 2.05) is 13.0 Å². The number of hydrogen-bond acceptors (Lipinski definition) is 4. The molecule has 0 aliphatic rings. The lowest BCUT2D eigenvalue weighted by molar-refractivity contribution is 0.326. The van der Waals surface area contributed by atoms with Gasteiger partial charge in [0.2, 0.25) is 5.88 Å².